The van der Waals surface area contributed by atoms with Crippen LogP contribution in [0.25, 0.3) is 16.9 Å². The van der Waals surface area contributed by atoms with E-state index in [1.165, 1.54) is 12.1 Å². The van der Waals surface area contributed by atoms with Crippen molar-refractivity contribution in [1.29, 1.82) is 0 Å². The third-order valence-electron chi connectivity index (χ3n) is 5.75. The highest BCUT2D eigenvalue weighted by Crippen LogP contribution is 2.31. The zero-order valence-electron chi connectivity index (χ0n) is 18.5. The summed E-state index contributed by atoms with van der Waals surface area (Å²) in [6.45, 7) is 3.12. The minimum atomic E-state index is -0.644. The second kappa shape index (κ2) is 9.18. The Labute approximate surface area is 194 Å². The normalized spacial score (nSPS) is 16.6. The highest BCUT2D eigenvalue weighted by Gasteiger charge is 2.21. The third kappa shape index (κ3) is 4.46. The SMILES string of the molecule is C[C@H](Nc1cc(-c2c(N)nn3cccnc23)nc(OCC2CCCN2)n1)c1ccc(F)cc1F. The summed E-state index contributed by atoms with van der Waals surface area (Å²) in [4.78, 5) is 13.4. The van der Waals surface area contributed by atoms with E-state index in [4.69, 9.17) is 10.5 Å². The fraction of sp³-hybridized carbons (Fsp3) is 0.304. The van der Waals surface area contributed by atoms with Crippen molar-refractivity contribution < 1.29 is 13.5 Å². The summed E-state index contributed by atoms with van der Waals surface area (Å²) in [7, 11) is 0. The Morgan fingerprint density at radius 2 is 2.18 bits per heavy atom. The van der Waals surface area contributed by atoms with Crippen LogP contribution in [0.1, 0.15) is 31.4 Å². The molecular weight excluding hydrogens is 442 g/mol. The van der Waals surface area contributed by atoms with Crippen LogP contribution in [0.15, 0.2) is 42.7 Å². The van der Waals surface area contributed by atoms with Gasteiger partial charge in [0.15, 0.2) is 11.5 Å². The molecule has 1 aliphatic heterocycles. The maximum Gasteiger partial charge on any atom is 0.318 e. The predicted octanol–water partition coefficient (Wildman–Crippen LogP) is 3.35. The van der Waals surface area contributed by atoms with E-state index in [9.17, 15) is 8.78 Å². The van der Waals surface area contributed by atoms with Crippen LogP contribution in [0.5, 0.6) is 6.01 Å². The molecule has 4 heterocycles. The molecule has 3 aromatic heterocycles. The standard InChI is InChI=1S/C23H24F2N8O/c1-13(16-6-5-14(24)10-17(16)25)29-19-11-18(20-21(26)32-33-9-3-8-28-22(20)33)30-23(31-19)34-12-15-4-2-7-27-15/h3,5-6,8-11,13,15,27H,2,4,7,12H2,1H3,(H2,26,32)(H,29,30,31)/t13-,15?/m0/s1. The van der Waals surface area contributed by atoms with E-state index < -0.39 is 17.7 Å². The van der Waals surface area contributed by atoms with Gasteiger partial charge in [-0.25, -0.2) is 18.3 Å². The molecule has 1 fully saturated rings. The van der Waals surface area contributed by atoms with Crippen LogP contribution < -0.4 is 21.1 Å². The molecule has 5 rings (SSSR count). The van der Waals surface area contributed by atoms with Gasteiger partial charge in [0, 0.05) is 36.1 Å². The molecule has 176 valence electrons. The maximum atomic E-state index is 14.3. The smallest absolute Gasteiger partial charge is 0.318 e. The van der Waals surface area contributed by atoms with E-state index in [2.05, 4.69) is 30.7 Å². The topological polar surface area (TPSA) is 115 Å². The van der Waals surface area contributed by atoms with Gasteiger partial charge in [-0.3, -0.25) is 0 Å². The summed E-state index contributed by atoms with van der Waals surface area (Å²) in [5.74, 6) is -0.631. The first-order valence-electron chi connectivity index (χ1n) is 11.0. The average Bonchev–Trinajstić information content (AvgIpc) is 3.44. The molecule has 1 saturated heterocycles. The number of hydrogen-bond acceptors (Lipinski definition) is 8. The molecule has 9 nitrogen and oxygen atoms in total. The quantitative estimate of drug-likeness (QED) is 0.380. The molecule has 0 radical (unpaired) electrons. The minimum Gasteiger partial charge on any atom is -0.462 e. The highest BCUT2D eigenvalue weighted by molar-refractivity contribution is 5.85. The first-order chi connectivity index (χ1) is 16.5. The summed E-state index contributed by atoms with van der Waals surface area (Å²) in [5, 5.41) is 10.8. The van der Waals surface area contributed by atoms with E-state index in [0.29, 0.717) is 34.9 Å². The van der Waals surface area contributed by atoms with Crippen LogP contribution in [-0.4, -0.2) is 43.8 Å². The molecule has 4 N–H and O–H groups in total. The summed E-state index contributed by atoms with van der Waals surface area (Å²) in [5.41, 5.74) is 8.03. The first-order valence-corrected chi connectivity index (χ1v) is 11.0. The summed E-state index contributed by atoms with van der Waals surface area (Å²) < 4.78 is 35.2. The van der Waals surface area contributed by atoms with E-state index in [0.717, 1.165) is 25.5 Å². The number of benzene rings is 1. The molecule has 0 amide bonds. The number of rotatable bonds is 7. The van der Waals surface area contributed by atoms with Crippen LogP contribution in [-0.2, 0) is 0 Å². The minimum absolute atomic E-state index is 0.148. The van der Waals surface area contributed by atoms with E-state index in [-0.39, 0.29) is 17.9 Å². The fourth-order valence-corrected chi connectivity index (χ4v) is 4.07. The molecule has 0 bridgehead atoms. The Morgan fingerprint density at radius 1 is 1.29 bits per heavy atom. The van der Waals surface area contributed by atoms with Gasteiger partial charge in [-0.2, -0.15) is 9.97 Å². The molecule has 4 aromatic rings. The molecule has 0 aliphatic carbocycles. The number of fused-ring (bicyclic) bond motifs is 1. The molecule has 1 aromatic carbocycles. The van der Waals surface area contributed by atoms with Gasteiger partial charge in [0.25, 0.3) is 0 Å². The summed E-state index contributed by atoms with van der Waals surface area (Å²) >= 11 is 0. The Hall–Kier alpha value is -3.86. The molecule has 34 heavy (non-hydrogen) atoms. The molecular formula is C23H24F2N8O. The second-order valence-corrected chi connectivity index (χ2v) is 8.21. The molecule has 0 saturated carbocycles. The fourth-order valence-electron chi connectivity index (χ4n) is 4.07. The Kier molecular flexibility index (Phi) is 5.93. The molecule has 11 heteroatoms. The lowest BCUT2D eigenvalue weighted by atomic mass is 10.1. The number of nitrogens with zero attached hydrogens (tertiary/aromatic N) is 5. The van der Waals surface area contributed by atoms with Crippen molar-refractivity contribution in [3.05, 3.63) is 59.9 Å². The lowest BCUT2D eigenvalue weighted by Gasteiger charge is -2.17. The van der Waals surface area contributed by atoms with Crippen LogP contribution in [0, 0.1) is 11.6 Å². The Bertz CT molecular complexity index is 1320. The number of nitrogens with two attached hydrogens (primary N) is 1. The summed E-state index contributed by atoms with van der Waals surface area (Å²) in [6, 6.07) is 6.77. The van der Waals surface area contributed by atoms with Crippen molar-refractivity contribution in [2.75, 3.05) is 24.2 Å². The number of halogens is 2. The van der Waals surface area contributed by atoms with Crippen LogP contribution in [0.4, 0.5) is 20.4 Å². The van der Waals surface area contributed by atoms with Crippen molar-refractivity contribution in [3.63, 3.8) is 0 Å². The Balaban J connectivity index is 1.51. The van der Waals surface area contributed by atoms with Crippen molar-refractivity contribution in [1.82, 2.24) is 29.9 Å². The van der Waals surface area contributed by atoms with Crippen molar-refractivity contribution in [2.24, 2.45) is 0 Å². The van der Waals surface area contributed by atoms with E-state index in [1.807, 2.05) is 0 Å². The van der Waals surface area contributed by atoms with Gasteiger partial charge in [0.05, 0.1) is 17.3 Å². The van der Waals surface area contributed by atoms with Crippen LogP contribution >= 0.6 is 0 Å². The summed E-state index contributed by atoms with van der Waals surface area (Å²) in [6.07, 6.45) is 5.48. The zero-order valence-corrected chi connectivity index (χ0v) is 18.5. The zero-order chi connectivity index (χ0) is 23.7. The lowest BCUT2D eigenvalue weighted by molar-refractivity contribution is 0.257. The monoisotopic (exact) mass is 466 g/mol. The predicted molar refractivity (Wildman–Crippen MR) is 123 cm³/mol. The van der Waals surface area contributed by atoms with Gasteiger partial charge < -0.3 is 21.1 Å². The maximum absolute atomic E-state index is 14.3. The Morgan fingerprint density at radius 3 is 2.97 bits per heavy atom. The third-order valence-corrected chi connectivity index (χ3v) is 5.75. The van der Waals surface area contributed by atoms with Gasteiger partial charge in [-0.1, -0.05) is 6.07 Å². The van der Waals surface area contributed by atoms with E-state index >= 15 is 0 Å². The van der Waals surface area contributed by atoms with Gasteiger partial charge in [-0.05, 0) is 38.4 Å². The van der Waals surface area contributed by atoms with Crippen LogP contribution in [0.3, 0.4) is 0 Å². The molecule has 1 aliphatic rings. The lowest BCUT2D eigenvalue weighted by Crippen LogP contribution is -2.28. The average molecular weight is 466 g/mol. The van der Waals surface area contributed by atoms with Gasteiger partial charge >= 0.3 is 6.01 Å². The number of nitrogens with one attached hydrogen (secondary N) is 2. The number of hydrogen-bond donors (Lipinski definition) is 3. The molecule has 2 atom stereocenters. The highest BCUT2D eigenvalue weighted by atomic mass is 19.1. The largest absolute Gasteiger partial charge is 0.462 e. The molecule has 1 unspecified atom stereocenters. The first kappa shape index (κ1) is 22.0. The number of anilines is 2. The van der Waals surface area contributed by atoms with Crippen molar-refractivity contribution >= 4 is 17.3 Å². The number of aromatic nitrogens is 5. The van der Waals surface area contributed by atoms with Crippen LogP contribution in [0.2, 0.25) is 0 Å². The number of nitrogen functional groups attached to an aromatic ring is 1. The number of ether oxygens (including phenoxy) is 1. The molecule has 0 spiro atoms. The van der Waals surface area contributed by atoms with Crippen molar-refractivity contribution in [2.45, 2.75) is 31.8 Å². The second-order valence-electron chi connectivity index (χ2n) is 8.21. The van der Waals surface area contributed by atoms with Gasteiger partial charge in [0.2, 0.25) is 0 Å². The van der Waals surface area contributed by atoms with E-state index in [1.54, 1.807) is 36.0 Å². The van der Waals surface area contributed by atoms with Gasteiger partial charge in [-0.15, -0.1) is 5.10 Å². The van der Waals surface area contributed by atoms with Gasteiger partial charge in [0.1, 0.15) is 24.1 Å². The van der Waals surface area contributed by atoms with Crippen molar-refractivity contribution in [3.8, 4) is 17.3 Å².